The highest BCUT2D eigenvalue weighted by atomic mass is 16.4. The third-order valence-electron chi connectivity index (χ3n) is 3.73. The van der Waals surface area contributed by atoms with Crippen LogP contribution < -0.4 is 4.90 Å². The van der Waals surface area contributed by atoms with Gasteiger partial charge in [0.2, 0.25) is 0 Å². The minimum atomic E-state index is -0.819. The zero-order valence-corrected chi connectivity index (χ0v) is 11.8. The van der Waals surface area contributed by atoms with Crippen molar-refractivity contribution in [1.29, 1.82) is 0 Å². The summed E-state index contributed by atoms with van der Waals surface area (Å²) in [4.78, 5) is 13.4. The molecule has 2 aromatic rings. The number of hydrogen-bond acceptors (Lipinski definition) is 5. The Morgan fingerprint density at radius 3 is 3.00 bits per heavy atom. The molecular weight excluding hydrogens is 270 g/mol. The van der Waals surface area contributed by atoms with Gasteiger partial charge in [0.05, 0.1) is 6.54 Å². The summed E-state index contributed by atoms with van der Waals surface area (Å²) in [5.74, 6) is -0.125. The first-order chi connectivity index (χ1) is 10.2. The number of anilines is 1. The molecule has 1 atom stereocenters. The first-order valence-electron chi connectivity index (χ1n) is 7.03. The van der Waals surface area contributed by atoms with Crippen LogP contribution in [0.3, 0.4) is 0 Å². The first-order valence-corrected chi connectivity index (χ1v) is 7.03. The number of aliphatic carboxylic acids is 1. The molecule has 1 aliphatic rings. The molecule has 1 aromatic carbocycles. The number of tetrazole rings is 1. The lowest BCUT2D eigenvalue weighted by Crippen LogP contribution is -2.38. The van der Waals surface area contributed by atoms with Crippen LogP contribution in [0.2, 0.25) is 0 Å². The van der Waals surface area contributed by atoms with Crippen LogP contribution in [0.15, 0.2) is 24.3 Å². The van der Waals surface area contributed by atoms with Crippen molar-refractivity contribution >= 4 is 11.7 Å². The smallest absolute Gasteiger partial charge is 0.326 e. The number of aromatic nitrogens is 4. The minimum Gasteiger partial charge on any atom is -0.480 e. The van der Waals surface area contributed by atoms with E-state index in [9.17, 15) is 9.90 Å². The first kappa shape index (κ1) is 13.5. The molecule has 7 nitrogen and oxygen atoms in total. The minimum absolute atomic E-state index is 0.404. The van der Waals surface area contributed by atoms with Crippen LogP contribution in [0, 0.1) is 0 Å². The van der Waals surface area contributed by atoms with Gasteiger partial charge < -0.3 is 10.0 Å². The Hall–Kier alpha value is -2.44. The largest absolute Gasteiger partial charge is 0.480 e. The fourth-order valence-corrected chi connectivity index (χ4v) is 2.74. The van der Waals surface area contributed by atoms with Gasteiger partial charge >= 0.3 is 5.97 Å². The van der Waals surface area contributed by atoms with Crippen LogP contribution >= 0.6 is 0 Å². The number of benzene rings is 1. The number of nitrogens with zero attached hydrogens (tertiary/aromatic N) is 5. The summed E-state index contributed by atoms with van der Waals surface area (Å²) in [6, 6.07) is 7.22. The molecule has 0 saturated heterocycles. The van der Waals surface area contributed by atoms with Gasteiger partial charge in [-0.3, -0.25) is 0 Å². The van der Waals surface area contributed by atoms with E-state index >= 15 is 0 Å². The van der Waals surface area contributed by atoms with E-state index < -0.39 is 12.0 Å². The second kappa shape index (κ2) is 5.51. The fourth-order valence-electron chi connectivity index (χ4n) is 2.74. The molecular formula is C14H17N5O2. The highest BCUT2D eigenvalue weighted by molar-refractivity contribution is 5.82. The van der Waals surface area contributed by atoms with E-state index in [1.807, 2.05) is 29.2 Å². The summed E-state index contributed by atoms with van der Waals surface area (Å²) in [7, 11) is 0. The summed E-state index contributed by atoms with van der Waals surface area (Å²) in [6.07, 6.45) is 1.44. The van der Waals surface area contributed by atoms with Gasteiger partial charge in [-0.1, -0.05) is 25.1 Å². The van der Waals surface area contributed by atoms with Crippen molar-refractivity contribution in [3.63, 3.8) is 0 Å². The lowest BCUT2D eigenvalue weighted by molar-refractivity contribution is -0.138. The molecule has 0 amide bonds. The summed E-state index contributed by atoms with van der Waals surface area (Å²) < 4.78 is 1.74. The molecule has 0 bridgehead atoms. The normalized spacial score (nSPS) is 17.0. The lowest BCUT2D eigenvalue weighted by atomic mass is 10.1. The summed E-state index contributed by atoms with van der Waals surface area (Å²) in [5.41, 5.74) is 2.01. The van der Waals surface area contributed by atoms with Gasteiger partial charge in [-0.05, 0) is 28.5 Å². The van der Waals surface area contributed by atoms with Crippen molar-refractivity contribution in [2.75, 3.05) is 4.90 Å². The van der Waals surface area contributed by atoms with Gasteiger partial charge in [-0.25, -0.2) is 9.48 Å². The van der Waals surface area contributed by atoms with Crippen molar-refractivity contribution in [2.45, 2.75) is 38.9 Å². The topological polar surface area (TPSA) is 84.1 Å². The number of para-hydroxylation sites is 1. The molecule has 3 rings (SSSR count). The molecule has 2 heterocycles. The SMILES string of the molecule is CCCn1nnnc1CN1c2ccccc2CC1C(=O)O. The van der Waals surface area contributed by atoms with E-state index in [0.717, 1.165) is 24.2 Å². The second-order valence-electron chi connectivity index (χ2n) is 5.13. The number of carbonyl (C=O) groups is 1. The van der Waals surface area contributed by atoms with E-state index in [1.54, 1.807) is 4.68 Å². The van der Waals surface area contributed by atoms with Gasteiger partial charge in [0.1, 0.15) is 6.04 Å². The third kappa shape index (κ3) is 2.46. The van der Waals surface area contributed by atoms with E-state index in [1.165, 1.54) is 0 Å². The lowest BCUT2D eigenvalue weighted by Gasteiger charge is -2.23. The van der Waals surface area contributed by atoms with Crippen LogP contribution in [0.5, 0.6) is 0 Å². The zero-order valence-electron chi connectivity index (χ0n) is 11.8. The number of rotatable bonds is 5. The van der Waals surface area contributed by atoms with E-state index in [-0.39, 0.29) is 0 Å². The van der Waals surface area contributed by atoms with E-state index in [2.05, 4.69) is 22.4 Å². The van der Waals surface area contributed by atoms with Gasteiger partial charge in [0.25, 0.3) is 0 Å². The standard InChI is InChI=1S/C14H17N5O2/c1-2-7-19-13(15-16-17-19)9-18-11-6-4-3-5-10(11)8-12(18)14(20)21/h3-6,12H,2,7-9H2,1H3,(H,20,21). The van der Waals surface area contributed by atoms with E-state index in [0.29, 0.717) is 18.8 Å². The molecule has 0 spiro atoms. The Morgan fingerprint density at radius 2 is 2.24 bits per heavy atom. The summed E-state index contributed by atoms with van der Waals surface area (Å²) in [6.45, 7) is 3.19. The molecule has 110 valence electrons. The molecule has 1 N–H and O–H groups in total. The molecule has 0 radical (unpaired) electrons. The number of hydrogen-bond donors (Lipinski definition) is 1. The molecule has 1 aliphatic heterocycles. The van der Waals surface area contributed by atoms with Crippen LogP contribution in [0.25, 0.3) is 0 Å². The maximum atomic E-state index is 11.5. The quantitative estimate of drug-likeness (QED) is 0.886. The average Bonchev–Trinajstić information content (AvgIpc) is 3.05. The maximum absolute atomic E-state index is 11.5. The van der Waals surface area contributed by atoms with Crippen LogP contribution in [0.4, 0.5) is 5.69 Å². The molecule has 0 fully saturated rings. The van der Waals surface area contributed by atoms with Gasteiger partial charge in [-0.2, -0.15) is 0 Å². The van der Waals surface area contributed by atoms with Crippen molar-refractivity contribution in [3.8, 4) is 0 Å². The Morgan fingerprint density at radius 1 is 1.43 bits per heavy atom. The molecule has 1 aromatic heterocycles. The number of carboxylic acids is 1. The Balaban J connectivity index is 1.91. The van der Waals surface area contributed by atoms with E-state index in [4.69, 9.17) is 0 Å². The predicted octanol–water partition coefficient (Wildman–Crippen LogP) is 1.10. The summed E-state index contributed by atoms with van der Waals surface area (Å²) in [5, 5.41) is 21.1. The van der Waals surface area contributed by atoms with Crippen LogP contribution in [-0.4, -0.2) is 37.3 Å². The fraction of sp³-hybridized carbons (Fsp3) is 0.429. The molecule has 21 heavy (non-hydrogen) atoms. The van der Waals surface area contributed by atoms with Crippen LogP contribution in [-0.2, 0) is 24.3 Å². The highest BCUT2D eigenvalue weighted by Crippen LogP contribution is 2.33. The predicted molar refractivity (Wildman–Crippen MR) is 75.9 cm³/mol. The Labute approximate surface area is 122 Å². The van der Waals surface area contributed by atoms with Gasteiger partial charge in [-0.15, -0.1) is 5.10 Å². The number of carboxylic acid groups (broad SMARTS) is 1. The molecule has 1 unspecified atom stereocenters. The Kier molecular flexibility index (Phi) is 3.55. The summed E-state index contributed by atoms with van der Waals surface area (Å²) >= 11 is 0. The second-order valence-corrected chi connectivity index (χ2v) is 5.13. The molecule has 7 heteroatoms. The Bertz CT molecular complexity index is 654. The highest BCUT2D eigenvalue weighted by Gasteiger charge is 2.35. The average molecular weight is 287 g/mol. The van der Waals surface area contributed by atoms with Crippen LogP contribution in [0.1, 0.15) is 24.7 Å². The number of fused-ring (bicyclic) bond motifs is 1. The van der Waals surface area contributed by atoms with Crippen molar-refractivity contribution < 1.29 is 9.90 Å². The molecule has 0 saturated carbocycles. The van der Waals surface area contributed by atoms with Crippen molar-refractivity contribution in [2.24, 2.45) is 0 Å². The van der Waals surface area contributed by atoms with Crippen molar-refractivity contribution in [1.82, 2.24) is 20.2 Å². The molecule has 0 aliphatic carbocycles. The zero-order chi connectivity index (χ0) is 14.8. The maximum Gasteiger partial charge on any atom is 0.326 e. The third-order valence-corrected chi connectivity index (χ3v) is 3.73. The van der Waals surface area contributed by atoms with Crippen molar-refractivity contribution in [3.05, 3.63) is 35.7 Å². The van der Waals surface area contributed by atoms with Gasteiger partial charge in [0, 0.05) is 18.7 Å². The number of aryl methyl sites for hydroxylation is 1. The monoisotopic (exact) mass is 287 g/mol. The van der Waals surface area contributed by atoms with Gasteiger partial charge in [0.15, 0.2) is 5.82 Å².